The molecule has 2 aromatic carbocycles. The van der Waals surface area contributed by atoms with E-state index in [4.69, 9.17) is 4.74 Å². The molecule has 2 rings (SSSR count). The molecule has 0 fully saturated rings. The number of anilines is 1. The van der Waals surface area contributed by atoms with Gasteiger partial charge in [-0.15, -0.1) is 0 Å². The summed E-state index contributed by atoms with van der Waals surface area (Å²) in [6.07, 6.45) is 2.08. The summed E-state index contributed by atoms with van der Waals surface area (Å²) in [6, 6.07) is 18.4. The molecule has 1 N–H and O–H groups in total. The zero-order valence-corrected chi connectivity index (χ0v) is 12.2. The Morgan fingerprint density at radius 3 is 2.23 bits per heavy atom. The van der Waals surface area contributed by atoms with Crippen molar-refractivity contribution in [2.24, 2.45) is 0 Å². The quantitative estimate of drug-likeness (QED) is 0.680. The fourth-order valence-corrected chi connectivity index (χ4v) is 1.76. The Kier molecular flexibility index (Phi) is 5.49. The molecule has 0 unspecified atom stereocenters. The Bertz CT molecular complexity index is 651. The number of carbonyl (C=O) groups is 2. The molecular weight excluding hydrogens is 278 g/mol. The number of ether oxygens (including phenoxy) is 1. The van der Waals surface area contributed by atoms with Gasteiger partial charge in [0, 0.05) is 11.8 Å². The van der Waals surface area contributed by atoms with E-state index in [0.29, 0.717) is 5.69 Å². The first-order valence-corrected chi connectivity index (χ1v) is 6.95. The normalized spacial score (nSPS) is 11.9. The molecule has 22 heavy (non-hydrogen) atoms. The van der Waals surface area contributed by atoms with Gasteiger partial charge in [0.2, 0.25) is 0 Å². The Balaban J connectivity index is 1.85. The zero-order chi connectivity index (χ0) is 15.8. The van der Waals surface area contributed by atoms with Crippen LogP contribution in [0, 0.1) is 0 Å². The largest absolute Gasteiger partial charge is 0.449 e. The molecule has 4 heteroatoms. The third-order valence-electron chi connectivity index (χ3n) is 2.91. The molecule has 112 valence electrons. The smallest absolute Gasteiger partial charge is 0.331 e. The predicted molar refractivity (Wildman–Crippen MR) is 86.1 cm³/mol. The lowest BCUT2D eigenvalue weighted by atomic mass is 10.2. The highest BCUT2D eigenvalue weighted by Crippen LogP contribution is 2.07. The van der Waals surface area contributed by atoms with Gasteiger partial charge in [0.05, 0.1) is 0 Å². The highest BCUT2D eigenvalue weighted by Gasteiger charge is 2.16. The summed E-state index contributed by atoms with van der Waals surface area (Å²) < 4.78 is 5.07. The third-order valence-corrected chi connectivity index (χ3v) is 2.91. The maximum atomic E-state index is 11.9. The highest BCUT2D eigenvalue weighted by atomic mass is 16.5. The molecule has 0 aromatic heterocycles. The number of hydrogen-bond acceptors (Lipinski definition) is 3. The highest BCUT2D eigenvalue weighted by molar-refractivity contribution is 5.96. The van der Waals surface area contributed by atoms with Crippen molar-refractivity contribution in [1.29, 1.82) is 0 Å². The molecule has 2 aromatic rings. The third kappa shape index (κ3) is 4.90. The first kappa shape index (κ1) is 15.5. The van der Waals surface area contributed by atoms with Gasteiger partial charge in [-0.05, 0) is 30.7 Å². The van der Waals surface area contributed by atoms with Gasteiger partial charge in [-0.2, -0.15) is 0 Å². The number of carbonyl (C=O) groups excluding carboxylic acids is 2. The van der Waals surface area contributed by atoms with Crippen LogP contribution in [0.4, 0.5) is 5.69 Å². The van der Waals surface area contributed by atoms with E-state index in [1.807, 2.05) is 48.5 Å². The minimum atomic E-state index is -0.867. The second-order valence-electron chi connectivity index (χ2n) is 4.68. The van der Waals surface area contributed by atoms with Crippen molar-refractivity contribution in [2.75, 3.05) is 5.32 Å². The van der Waals surface area contributed by atoms with E-state index in [2.05, 4.69) is 5.32 Å². The van der Waals surface area contributed by atoms with Crippen LogP contribution in [0.3, 0.4) is 0 Å². The lowest BCUT2D eigenvalue weighted by Gasteiger charge is -2.12. The summed E-state index contributed by atoms with van der Waals surface area (Å²) in [5, 5.41) is 2.68. The van der Waals surface area contributed by atoms with Crippen molar-refractivity contribution in [2.45, 2.75) is 13.0 Å². The van der Waals surface area contributed by atoms with Crippen LogP contribution < -0.4 is 5.32 Å². The van der Waals surface area contributed by atoms with Crippen LogP contribution in [0.5, 0.6) is 0 Å². The molecule has 0 spiro atoms. The van der Waals surface area contributed by atoms with Crippen LogP contribution in [-0.4, -0.2) is 18.0 Å². The summed E-state index contributed by atoms with van der Waals surface area (Å²) in [4.78, 5) is 23.6. The van der Waals surface area contributed by atoms with Gasteiger partial charge in [-0.3, -0.25) is 4.79 Å². The van der Waals surface area contributed by atoms with Crippen molar-refractivity contribution in [1.82, 2.24) is 0 Å². The minimum absolute atomic E-state index is 0.368. The summed E-state index contributed by atoms with van der Waals surface area (Å²) in [7, 11) is 0. The number of esters is 1. The summed E-state index contributed by atoms with van der Waals surface area (Å²) in [5.41, 5.74) is 1.55. The maximum absolute atomic E-state index is 11.9. The van der Waals surface area contributed by atoms with Gasteiger partial charge >= 0.3 is 5.97 Å². The van der Waals surface area contributed by atoms with Gasteiger partial charge in [-0.25, -0.2) is 4.79 Å². The second kappa shape index (κ2) is 7.78. The van der Waals surface area contributed by atoms with Crippen molar-refractivity contribution >= 4 is 23.6 Å². The molecule has 0 saturated carbocycles. The lowest BCUT2D eigenvalue weighted by molar-refractivity contribution is -0.148. The van der Waals surface area contributed by atoms with E-state index in [1.54, 1.807) is 18.2 Å². The van der Waals surface area contributed by atoms with Crippen LogP contribution in [0.1, 0.15) is 12.5 Å². The molecule has 1 atom stereocenters. The first-order chi connectivity index (χ1) is 10.6. The average Bonchev–Trinajstić information content (AvgIpc) is 2.55. The number of benzene rings is 2. The summed E-state index contributed by atoms with van der Waals surface area (Å²) in [6.45, 7) is 1.53. The topological polar surface area (TPSA) is 55.4 Å². The van der Waals surface area contributed by atoms with Crippen molar-refractivity contribution in [3.8, 4) is 0 Å². The van der Waals surface area contributed by atoms with E-state index in [9.17, 15) is 9.59 Å². The minimum Gasteiger partial charge on any atom is -0.449 e. The molecule has 0 aliphatic heterocycles. The van der Waals surface area contributed by atoms with Gasteiger partial charge in [0.1, 0.15) is 0 Å². The summed E-state index contributed by atoms with van der Waals surface area (Å²) >= 11 is 0. The summed E-state index contributed by atoms with van der Waals surface area (Å²) in [5.74, 6) is -0.924. The van der Waals surface area contributed by atoms with Crippen LogP contribution in [0.25, 0.3) is 6.08 Å². The van der Waals surface area contributed by atoms with Crippen LogP contribution in [-0.2, 0) is 14.3 Å². The molecule has 0 bridgehead atoms. The van der Waals surface area contributed by atoms with Gasteiger partial charge in [-0.1, -0.05) is 48.5 Å². The Morgan fingerprint density at radius 1 is 1.00 bits per heavy atom. The maximum Gasteiger partial charge on any atom is 0.331 e. The van der Waals surface area contributed by atoms with Gasteiger partial charge in [0.15, 0.2) is 6.10 Å². The van der Waals surface area contributed by atoms with E-state index < -0.39 is 12.1 Å². The number of para-hydroxylation sites is 1. The molecule has 0 saturated heterocycles. The number of rotatable bonds is 5. The van der Waals surface area contributed by atoms with E-state index >= 15 is 0 Å². The Morgan fingerprint density at radius 2 is 1.59 bits per heavy atom. The van der Waals surface area contributed by atoms with E-state index in [-0.39, 0.29) is 5.91 Å². The average molecular weight is 295 g/mol. The number of nitrogens with one attached hydrogen (secondary N) is 1. The molecule has 1 amide bonds. The second-order valence-corrected chi connectivity index (χ2v) is 4.68. The van der Waals surface area contributed by atoms with E-state index in [1.165, 1.54) is 13.0 Å². The van der Waals surface area contributed by atoms with Gasteiger partial charge in [0.25, 0.3) is 5.91 Å². The van der Waals surface area contributed by atoms with Crippen molar-refractivity contribution < 1.29 is 14.3 Å². The molecule has 0 aliphatic carbocycles. The number of amides is 1. The Labute approximate surface area is 129 Å². The first-order valence-electron chi connectivity index (χ1n) is 6.95. The Hall–Kier alpha value is -2.88. The lowest BCUT2D eigenvalue weighted by Crippen LogP contribution is -2.29. The predicted octanol–water partition coefficient (Wildman–Crippen LogP) is 3.27. The van der Waals surface area contributed by atoms with Crippen LogP contribution in [0.2, 0.25) is 0 Å². The number of hydrogen-bond donors (Lipinski definition) is 1. The fraction of sp³-hybridized carbons (Fsp3) is 0.111. The van der Waals surface area contributed by atoms with Crippen molar-refractivity contribution in [3.63, 3.8) is 0 Å². The zero-order valence-electron chi connectivity index (χ0n) is 12.2. The molecule has 4 nitrogen and oxygen atoms in total. The van der Waals surface area contributed by atoms with Crippen LogP contribution >= 0.6 is 0 Å². The standard InChI is InChI=1S/C18H17NO3/c1-14(18(21)19-16-10-6-3-7-11-16)22-17(20)13-12-15-8-4-2-5-9-15/h2-14H,1H3,(H,19,21)/b13-12+/t14-/m0/s1. The van der Waals surface area contributed by atoms with Crippen LogP contribution in [0.15, 0.2) is 66.7 Å². The fourth-order valence-electron chi connectivity index (χ4n) is 1.76. The molecule has 0 radical (unpaired) electrons. The SMILES string of the molecule is C[C@H](OC(=O)/C=C/c1ccccc1)C(=O)Nc1ccccc1. The molecule has 0 aliphatic rings. The van der Waals surface area contributed by atoms with E-state index in [0.717, 1.165) is 5.56 Å². The molecule has 0 heterocycles. The van der Waals surface area contributed by atoms with Crippen molar-refractivity contribution in [3.05, 3.63) is 72.3 Å². The van der Waals surface area contributed by atoms with Gasteiger partial charge < -0.3 is 10.1 Å². The monoisotopic (exact) mass is 295 g/mol. The molecular formula is C18H17NO3.